The molecule has 6 nitrogen and oxygen atoms in total. The average Bonchev–Trinajstić information content (AvgIpc) is 2.97. The van der Waals surface area contributed by atoms with Crippen LogP contribution in [0.15, 0.2) is 24.5 Å². The maximum absolute atomic E-state index is 4.37. The first-order chi connectivity index (χ1) is 8.29. The molecule has 0 radical (unpaired) electrons. The summed E-state index contributed by atoms with van der Waals surface area (Å²) in [5, 5.41) is 14.1. The van der Waals surface area contributed by atoms with Gasteiger partial charge in [0.05, 0.1) is 6.20 Å². The molecule has 6 heteroatoms. The van der Waals surface area contributed by atoms with E-state index in [1.165, 1.54) is 0 Å². The lowest BCUT2D eigenvalue weighted by atomic mass is 10.1. The van der Waals surface area contributed by atoms with E-state index >= 15 is 0 Å². The van der Waals surface area contributed by atoms with E-state index < -0.39 is 0 Å². The zero-order chi connectivity index (χ0) is 11.8. The van der Waals surface area contributed by atoms with Gasteiger partial charge < -0.3 is 5.32 Å². The van der Waals surface area contributed by atoms with Crippen molar-refractivity contribution >= 4 is 11.6 Å². The molecule has 3 aromatic heterocycles. The van der Waals surface area contributed by atoms with Crippen LogP contribution in [-0.4, -0.2) is 31.8 Å². The van der Waals surface area contributed by atoms with Gasteiger partial charge in [0.15, 0.2) is 5.65 Å². The number of anilines is 1. The monoisotopic (exact) mass is 228 g/mol. The summed E-state index contributed by atoms with van der Waals surface area (Å²) in [5.74, 6) is 0.623. The summed E-state index contributed by atoms with van der Waals surface area (Å²) >= 11 is 0. The smallest absolute Gasteiger partial charge is 0.242 e. The first-order valence-electron chi connectivity index (χ1n) is 5.33. The number of aromatic amines is 1. The van der Waals surface area contributed by atoms with Crippen LogP contribution in [-0.2, 0) is 0 Å². The van der Waals surface area contributed by atoms with E-state index in [4.69, 9.17) is 0 Å². The van der Waals surface area contributed by atoms with Gasteiger partial charge in [-0.05, 0) is 19.1 Å². The van der Waals surface area contributed by atoms with E-state index in [-0.39, 0.29) is 0 Å². The fraction of sp³-hybridized carbons (Fsp3) is 0.182. The second-order valence-corrected chi connectivity index (χ2v) is 3.77. The Labute approximate surface area is 97.7 Å². The van der Waals surface area contributed by atoms with Crippen molar-refractivity contribution in [3.8, 4) is 11.1 Å². The quantitative estimate of drug-likeness (QED) is 0.696. The van der Waals surface area contributed by atoms with Crippen molar-refractivity contribution in [2.24, 2.45) is 0 Å². The molecule has 0 aliphatic rings. The first kappa shape index (κ1) is 9.83. The standard InChI is InChI=1S/C11H12N6/c1-7-9(8-5-13-14-6-8)3-4-10-15-11(12-2)16-17(7)10/h3-6H,1-2H3,(H,12,16)(H,13,14). The van der Waals surface area contributed by atoms with Crippen LogP contribution < -0.4 is 5.32 Å². The minimum absolute atomic E-state index is 0.623. The minimum atomic E-state index is 0.623. The van der Waals surface area contributed by atoms with Gasteiger partial charge in [-0.2, -0.15) is 10.1 Å². The summed E-state index contributed by atoms with van der Waals surface area (Å²) in [7, 11) is 1.81. The van der Waals surface area contributed by atoms with Gasteiger partial charge in [0.1, 0.15) is 0 Å². The van der Waals surface area contributed by atoms with Crippen molar-refractivity contribution in [1.82, 2.24) is 24.8 Å². The maximum atomic E-state index is 4.37. The van der Waals surface area contributed by atoms with E-state index in [1.54, 1.807) is 13.2 Å². The highest BCUT2D eigenvalue weighted by Crippen LogP contribution is 2.23. The molecule has 86 valence electrons. The zero-order valence-corrected chi connectivity index (χ0v) is 9.60. The number of aryl methyl sites for hydroxylation is 1. The number of aromatic nitrogens is 5. The Bertz CT molecular complexity index is 652. The van der Waals surface area contributed by atoms with Crippen LogP contribution in [0.25, 0.3) is 16.8 Å². The van der Waals surface area contributed by atoms with Crippen molar-refractivity contribution < 1.29 is 0 Å². The highest BCUT2D eigenvalue weighted by molar-refractivity contribution is 5.66. The number of rotatable bonds is 2. The predicted octanol–water partition coefficient (Wildman–Crippen LogP) is 1.47. The third kappa shape index (κ3) is 1.45. The van der Waals surface area contributed by atoms with Crippen molar-refractivity contribution in [2.45, 2.75) is 6.92 Å². The lowest BCUT2D eigenvalue weighted by molar-refractivity contribution is 0.919. The fourth-order valence-corrected chi connectivity index (χ4v) is 1.88. The molecule has 3 heterocycles. The summed E-state index contributed by atoms with van der Waals surface area (Å²) in [6.45, 7) is 2.02. The predicted molar refractivity (Wildman–Crippen MR) is 64.9 cm³/mol. The third-order valence-corrected chi connectivity index (χ3v) is 2.77. The van der Waals surface area contributed by atoms with E-state index in [9.17, 15) is 0 Å². The Kier molecular flexibility index (Phi) is 2.07. The molecule has 17 heavy (non-hydrogen) atoms. The second kappa shape index (κ2) is 3.58. The molecule has 0 unspecified atom stereocenters. The van der Waals surface area contributed by atoms with Crippen LogP contribution in [0, 0.1) is 6.92 Å². The molecule has 0 aliphatic heterocycles. The van der Waals surface area contributed by atoms with E-state index in [2.05, 4.69) is 25.6 Å². The molecule has 0 aromatic carbocycles. The van der Waals surface area contributed by atoms with Gasteiger partial charge in [0.2, 0.25) is 5.95 Å². The molecule has 2 N–H and O–H groups in total. The van der Waals surface area contributed by atoms with Crippen molar-refractivity contribution in [3.05, 3.63) is 30.2 Å². The third-order valence-electron chi connectivity index (χ3n) is 2.77. The zero-order valence-electron chi connectivity index (χ0n) is 9.60. The Morgan fingerprint density at radius 2 is 2.24 bits per heavy atom. The molecule has 0 saturated carbocycles. The number of pyridine rings is 1. The Hall–Kier alpha value is -2.37. The summed E-state index contributed by atoms with van der Waals surface area (Å²) in [5.41, 5.74) is 4.02. The van der Waals surface area contributed by atoms with Gasteiger partial charge >= 0.3 is 0 Å². The van der Waals surface area contributed by atoms with Gasteiger partial charge in [0.25, 0.3) is 0 Å². The molecule has 3 aromatic rings. The number of H-pyrrole nitrogens is 1. The van der Waals surface area contributed by atoms with Gasteiger partial charge in [-0.1, -0.05) is 0 Å². The Morgan fingerprint density at radius 3 is 2.94 bits per heavy atom. The van der Waals surface area contributed by atoms with Gasteiger partial charge in [-0.25, -0.2) is 4.52 Å². The molecule has 0 aliphatic carbocycles. The molecular weight excluding hydrogens is 216 g/mol. The summed E-state index contributed by atoms with van der Waals surface area (Å²) < 4.78 is 1.83. The minimum Gasteiger partial charge on any atom is -0.356 e. The van der Waals surface area contributed by atoms with Crippen LogP contribution in [0.3, 0.4) is 0 Å². The fourth-order valence-electron chi connectivity index (χ4n) is 1.88. The van der Waals surface area contributed by atoms with Crippen LogP contribution in [0.5, 0.6) is 0 Å². The lowest BCUT2D eigenvalue weighted by Gasteiger charge is -2.04. The summed E-state index contributed by atoms with van der Waals surface area (Å²) in [4.78, 5) is 4.33. The summed E-state index contributed by atoms with van der Waals surface area (Å²) in [6.07, 6.45) is 3.66. The molecule has 0 saturated heterocycles. The highest BCUT2D eigenvalue weighted by atomic mass is 15.3. The molecule has 0 amide bonds. The van der Waals surface area contributed by atoms with E-state index in [0.717, 1.165) is 22.5 Å². The number of nitrogens with zero attached hydrogens (tertiary/aromatic N) is 4. The molecule has 0 bridgehead atoms. The average molecular weight is 228 g/mol. The van der Waals surface area contributed by atoms with Crippen LogP contribution in [0.2, 0.25) is 0 Å². The van der Waals surface area contributed by atoms with Crippen molar-refractivity contribution in [2.75, 3.05) is 12.4 Å². The van der Waals surface area contributed by atoms with E-state index in [1.807, 2.05) is 29.8 Å². The first-order valence-corrected chi connectivity index (χ1v) is 5.33. The van der Waals surface area contributed by atoms with Crippen LogP contribution in [0.4, 0.5) is 5.95 Å². The van der Waals surface area contributed by atoms with Crippen LogP contribution >= 0.6 is 0 Å². The highest BCUT2D eigenvalue weighted by Gasteiger charge is 2.09. The molecular formula is C11H12N6. The van der Waals surface area contributed by atoms with Crippen LogP contribution in [0.1, 0.15) is 5.69 Å². The van der Waals surface area contributed by atoms with Crippen molar-refractivity contribution in [1.29, 1.82) is 0 Å². The van der Waals surface area contributed by atoms with Gasteiger partial charge in [0, 0.05) is 30.1 Å². The number of fused-ring (bicyclic) bond motifs is 1. The Morgan fingerprint density at radius 1 is 1.35 bits per heavy atom. The number of hydrogen-bond donors (Lipinski definition) is 2. The maximum Gasteiger partial charge on any atom is 0.242 e. The molecule has 0 fully saturated rings. The SMILES string of the molecule is CNc1nc2ccc(-c3cn[nH]c3)c(C)n2n1. The van der Waals surface area contributed by atoms with Gasteiger partial charge in [-0.15, -0.1) is 5.10 Å². The molecule has 3 rings (SSSR count). The molecule has 0 atom stereocenters. The lowest BCUT2D eigenvalue weighted by Crippen LogP contribution is -1.97. The normalized spacial score (nSPS) is 10.9. The summed E-state index contributed by atoms with van der Waals surface area (Å²) in [6, 6.07) is 3.98. The van der Waals surface area contributed by atoms with Gasteiger partial charge in [-0.3, -0.25) is 5.10 Å². The Balaban J connectivity index is 2.25. The molecule has 0 spiro atoms. The number of hydrogen-bond acceptors (Lipinski definition) is 4. The second-order valence-electron chi connectivity index (χ2n) is 3.77. The largest absolute Gasteiger partial charge is 0.356 e. The van der Waals surface area contributed by atoms with E-state index in [0.29, 0.717) is 5.95 Å². The number of nitrogens with one attached hydrogen (secondary N) is 2. The van der Waals surface area contributed by atoms with Crippen molar-refractivity contribution in [3.63, 3.8) is 0 Å². The topological polar surface area (TPSA) is 70.9 Å².